The van der Waals surface area contributed by atoms with Crippen molar-refractivity contribution in [1.82, 2.24) is 15.1 Å². The summed E-state index contributed by atoms with van der Waals surface area (Å²) in [7, 11) is 1.64. The first kappa shape index (κ1) is 13.1. The van der Waals surface area contributed by atoms with Gasteiger partial charge in [0.05, 0.1) is 19.0 Å². The van der Waals surface area contributed by atoms with Crippen molar-refractivity contribution in [1.29, 1.82) is 0 Å². The molecule has 0 spiro atoms. The summed E-state index contributed by atoms with van der Waals surface area (Å²) in [6, 6.07) is 11.2. The van der Waals surface area contributed by atoms with Gasteiger partial charge < -0.3 is 15.0 Å². The lowest BCUT2D eigenvalue weighted by atomic mass is 10.1. The third kappa shape index (κ3) is 3.00. The number of methoxy groups -OCH3 is 1. The Balaban J connectivity index is 1.76. The smallest absolute Gasteiger partial charge is 0.276 e. The number of ether oxygens (including phenoxy) is 1. The predicted octanol–water partition coefficient (Wildman–Crippen LogP) is 2.31. The van der Waals surface area contributed by atoms with Gasteiger partial charge in [0.15, 0.2) is 5.82 Å². The van der Waals surface area contributed by atoms with Crippen molar-refractivity contribution in [2.24, 2.45) is 0 Å². The molecule has 2 aromatic heterocycles. The Kier molecular flexibility index (Phi) is 3.51. The zero-order valence-electron chi connectivity index (χ0n) is 11.5. The number of nitrogens with two attached hydrogens (primary N) is 1. The minimum atomic E-state index is 0.388. The van der Waals surface area contributed by atoms with Crippen LogP contribution in [0.15, 0.2) is 47.1 Å². The number of aromatic nitrogens is 3. The van der Waals surface area contributed by atoms with Crippen LogP contribution in [0.2, 0.25) is 0 Å². The van der Waals surface area contributed by atoms with E-state index in [1.54, 1.807) is 25.4 Å². The lowest BCUT2D eigenvalue weighted by Gasteiger charge is -2.00. The van der Waals surface area contributed by atoms with E-state index in [0.717, 1.165) is 11.3 Å². The number of benzene rings is 1. The average Bonchev–Trinajstić information content (AvgIpc) is 2.97. The molecule has 2 N–H and O–H groups in total. The summed E-state index contributed by atoms with van der Waals surface area (Å²) in [4.78, 5) is 8.49. The van der Waals surface area contributed by atoms with E-state index in [1.165, 1.54) is 0 Å². The van der Waals surface area contributed by atoms with Gasteiger partial charge in [0.2, 0.25) is 0 Å². The molecular formula is C15H14N4O2. The van der Waals surface area contributed by atoms with Crippen LogP contribution in [0.5, 0.6) is 5.75 Å². The zero-order chi connectivity index (χ0) is 14.7. The van der Waals surface area contributed by atoms with Crippen LogP contribution in [0.4, 0.5) is 5.69 Å². The molecule has 0 saturated carbocycles. The molecular weight excluding hydrogens is 268 g/mol. The molecule has 0 atom stereocenters. The van der Waals surface area contributed by atoms with E-state index in [9.17, 15) is 0 Å². The fraction of sp³-hybridized carbons (Fsp3) is 0.133. The van der Waals surface area contributed by atoms with E-state index in [0.29, 0.717) is 29.5 Å². The molecule has 2 heterocycles. The standard InChI is InChI=1S/C15H14N4O2/c1-20-12-5-2-10(3-6-12)8-14-18-15(21-19-14)13-7-4-11(16)9-17-13/h2-7,9H,8,16H2,1H3. The van der Waals surface area contributed by atoms with Crippen LogP contribution in [0, 0.1) is 0 Å². The van der Waals surface area contributed by atoms with Crippen molar-refractivity contribution in [2.45, 2.75) is 6.42 Å². The molecule has 21 heavy (non-hydrogen) atoms. The van der Waals surface area contributed by atoms with Crippen molar-refractivity contribution in [3.05, 3.63) is 54.0 Å². The van der Waals surface area contributed by atoms with E-state index in [1.807, 2.05) is 24.3 Å². The molecule has 6 nitrogen and oxygen atoms in total. The topological polar surface area (TPSA) is 87.1 Å². The van der Waals surface area contributed by atoms with Crippen molar-refractivity contribution in [3.8, 4) is 17.3 Å². The Morgan fingerprint density at radius 2 is 1.95 bits per heavy atom. The Bertz CT molecular complexity index is 720. The summed E-state index contributed by atoms with van der Waals surface area (Å²) in [6.07, 6.45) is 2.14. The fourth-order valence-corrected chi connectivity index (χ4v) is 1.89. The molecule has 3 rings (SSSR count). The van der Waals surface area contributed by atoms with E-state index in [-0.39, 0.29) is 0 Å². The van der Waals surface area contributed by atoms with Gasteiger partial charge in [0.25, 0.3) is 5.89 Å². The maximum absolute atomic E-state index is 5.60. The predicted molar refractivity (Wildman–Crippen MR) is 77.7 cm³/mol. The minimum Gasteiger partial charge on any atom is -0.497 e. The zero-order valence-corrected chi connectivity index (χ0v) is 11.5. The summed E-state index contributed by atoms with van der Waals surface area (Å²) in [5, 5.41) is 3.96. The number of anilines is 1. The normalized spacial score (nSPS) is 10.5. The third-order valence-corrected chi connectivity index (χ3v) is 2.99. The number of pyridine rings is 1. The van der Waals surface area contributed by atoms with Crippen molar-refractivity contribution in [3.63, 3.8) is 0 Å². The second-order valence-electron chi connectivity index (χ2n) is 4.52. The van der Waals surface area contributed by atoms with Gasteiger partial charge in [-0.25, -0.2) is 4.98 Å². The molecule has 6 heteroatoms. The number of hydrogen-bond donors (Lipinski definition) is 1. The van der Waals surface area contributed by atoms with Gasteiger partial charge >= 0.3 is 0 Å². The van der Waals surface area contributed by atoms with Gasteiger partial charge in [-0.1, -0.05) is 17.3 Å². The maximum Gasteiger partial charge on any atom is 0.276 e. The van der Waals surface area contributed by atoms with Crippen LogP contribution in [-0.2, 0) is 6.42 Å². The summed E-state index contributed by atoms with van der Waals surface area (Å²) in [5.41, 5.74) is 7.88. The first-order chi connectivity index (χ1) is 10.2. The third-order valence-electron chi connectivity index (χ3n) is 2.99. The highest BCUT2D eigenvalue weighted by atomic mass is 16.5. The van der Waals surface area contributed by atoms with Crippen molar-refractivity contribution >= 4 is 5.69 Å². The summed E-state index contributed by atoms with van der Waals surface area (Å²) in [6.45, 7) is 0. The number of nitrogen functional groups attached to an aromatic ring is 1. The molecule has 0 radical (unpaired) electrons. The van der Waals surface area contributed by atoms with Gasteiger partial charge in [-0.15, -0.1) is 0 Å². The summed E-state index contributed by atoms with van der Waals surface area (Å²) < 4.78 is 10.3. The second-order valence-corrected chi connectivity index (χ2v) is 4.52. The van der Waals surface area contributed by atoms with Gasteiger partial charge in [-0.05, 0) is 29.8 Å². The Labute approximate surface area is 121 Å². The van der Waals surface area contributed by atoms with Crippen LogP contribution >= 0.6 is 0 Å². The molecule has 0 aliphatic rings. The molecule has 3 aromatic rings. The highest BCUT2D eigenvalue weighted by Gasteiger charge is 2.10. The lowest BCUT2D eigenvalue weighted by molar-refractivity contribution is 0.414. The van der Waals surface area contributed by atoms with Gasteiger partial charge in [0.1, 0.15) is 11.4 Å². The van der Waals surface area contributed by atoms with E-state index in [2.05, 4.69) is 15.1 Å². The average molecular weight is 282 g/mol. The van der Waals surface area contributed by atoms with Crippen molar-refractivity contribution in [2.75, 3.05) is 12.8 Å². The van der Waals surface area contributed by atoms with Gasteiger partial charge in [-0.2, -0.15) is 4.98 Å². The summed E-state index contributed by atoms with van der Waals surface area (Å²) in [5.74, 6) is 1.81. The monoisotopic (exact) mass is 282 g/mol. The SMILES string of the molecule is COc1ccc(Cc2noc(-c3ccc(N)cn3)n2)cc1. The van der Waals surface area contributed by atoms with E-state index >= 15 is 0 Å². The molecule has 0 saturated heterocycles. The molecule has 106 valence electrons. The molecule has 1 aromatic carbocycles. The molecule has 0 unspecified atom stereocenters. The molecule has 0 aliphatic carbocycles. The van der Waals surface area contributed by atoms with Crippen LogP contribution in [0.25, 0.3) is 11.6 Å². The summed E-state index contributed by atoms with van der Waals surface area (Å²) >= 11 is 0. The molecule has 0 aliphatic heterocycles. The Hall–Kier alpha value is -2.89. The number of rotatable bonds is 4. The van der Waals surface area contributed by atoms with Gasteiger partial charge in [0, 0.05) is 6.42 Å². The second kappa shape index (κ2) is 5.62. The number of nitrogens with zero attached hydrogens (tertiary/aromatic N) is 3. The quantitative estimate of drug-likeness (QED) is 0.790. The van der Waals surface area contributed by atoms with E-state index in [4.69, 9.17) is 15.0 Å². The van der Waals surface area contributed by atoms with Crippen LogP contribution in [0.1, 0.15) is 11.4 Å². The fourth-order valence-electron chi connectivity index (χ4n) is 1.89. The minimum absolute atomic E-state index is 0.388. The highest BCUT2D eigenvalue weighted by Crippen LogP contribution is 2.18. The van der Waals surface area contributed by atoms with Crippen LogP contribution in [0.3, 0.4) is 0 Å². The Morgan fingerprint density at radius 1 is 1.14 bits per heavy atom. The van der Waals surface area contributed by atoms with Crippen molar-refractivity contribution < 1.29 is 9.26 Å². The maximum atomic E-state index is 5.60. The van der Waals surface area contributed by atoms with E-state index < -0.39 is 0 Å². The first-order valence-corrected chi connectivity index (χ1v) is 6.42. The molecule has 0 fully saturated rings. The number of hydrogen-bond acceptors (Lipinski definition) is 6. The first-order valence-electron chi connectivity index (χ1n) is 6.42. The molecule has 0 bridgehead atoms. The largest absolute Gasteiger partial charge is 0.497 e. The van der Waals surface area contributed by atoms with Gasteiger partial charge in [-0.3, -0.25) is 0 Å². The molecule has 0 amide bonds. The van der Waals surface area contributed by atoms with Crippen LogP contribution < -0.4 is 10.5 Å². The Morgan fingerprint density at radius 3 is 2.62 bits per heavy atom. The highest BCUT2D eigenvalue weighted by molar-refractivity contribution is 5.50. The van der Waals surface area contributed by atoms with Crippen LogP contribution in [-0.4, -0.2) is 22.2 Å². The lowest BCUT2D eigenvalue weighted by Crippen LogP contribution is -1.92.